The number of likely N-dealkylation sites (N-methyl/N-ethyl adjacent to an activating group) is 1. The smallest absolute Gasteiger partial charge is 0.234 e. The normalized spacial score (nSPS) is 10.4. The van der Waals surface area contributed by atoms with Crippen LogP contribution in [0.15, 0.2) is 24.3 Å². The van der Waals surface area contributed by atoms with Gasteiger partial charge in [-0.2, -0.15) is 0 Å². The van der Waals surface area contributed by atoms with Gasteiger partial charge in [-0.15, -0.1) is 0 Å². The number of hydrogen-bond donors (Lipinski definition) is 1. The zero-order valence-electron chi connectivity index (χ0n) is 12.5. The molecule has 1 N–H and O–H groups in total. The van der Waals surface area contributed by atoms with Crippen molar-refractivity contribution in [2.75, 3.05) is 39.9 Å². The summed E-state index contributed by atoms with van der Waals surface area (Å²) >= 11 is 0. The van der Waals surface area contributed by atoms with Gasteiger partial charge in [0.15, 0.2) is 0 Å². The van der Waals surface area contributed by atoms with Crippen molar-refractivity contribution in [2.45, 2.75) is 13.8 Å². The van der Waals surface area contributed by atoms with Crippen LogP contribution in [0.2, 0.25) is 0 Å². The Kier molecular flexibility index (Phi) is 7.50. The highest BCUT2D eigenvalue weighted by atomic mass is 16.5. The Morgan fingerprint density at radius 1 is 1.15 bits per heavy atom. The van der Waals surface area contributed by atoms with Crippen LogP contribution in [-0.4, -0.2) is 50.7 Å². The van der Waals surface area contributed by atoms with Crippen LogP contribution in [-0.2, 0) is 4.79 Å². The number of carbonyl (C=O) groups is 1. The van der Waals surface area contributed by atoms with Gasteiger partial charge in [0.2, 0.25) is 5.91 Å². The van der Waals surface area contributed by atoms with E-state index in [4.69, 9.17) is 9.47 Å². The minimum atomic E-state index is 0.0182. The Bertz CT molecular complexity index is 393. The summed E-state index contributed by atoms with van der Waals surface area (Å²) in [6, 6.07) is 7.45. The molecule has 0 atom stereocenters. The molecule has 0 heterocycles. The number of ether oxygens (including phenoxy) is 2. The largest absolute Gasteiger partial charge is 0.494 e. The first-order valence-corrected chi connectivity index (χ1v) is 6.96. The second-order valence-corrected chi connectivity index (χ2v) is 4.43. The molecule has 0 radical (unpaired) electrons. The number of hydrogen-bond acceptors (Lipinski definition) is 4. The van der Waals surface area contributed by atoms with E-state index < -0.39 is 0 Å². The summed E-state index contributed by atoms with van der Waals surface area (Å²) in [7, 11) is 1.91. The van der Waals surface area contributed by atoms with E-state index in [1.807, 2.05) is 50.1 Å². The van der Waals surface area contributed by atoms with Crippen LogP contribution in [0.4, 0.5) is 0 Å². The van der Waals surface area contributed by atoms with Gasteiger partial charge in [-0.1, -0.05) is 6.92 Å². The van der Waals surface area contributed by atoms with Crippen LogP contribution in [0.3, 0.4) is 0 Å². The van der Waals surface area contributed by atoms with Gasteiger partial charge in [-0.25, -0.2) is 0 Å². The Balaban J connectivity index is 2.19. The first-order valence-electron chi connectivity index (χ1n) is 6.96. The molecule has 5 heteroatoms. The van der Waals surface area contributed by atoms with Crippen LogP contribution in [0.5, 0.6) is 11.5 Å². The third kappa shape index (κ3) is 6.43. The summed E-state index contributed by atoms with van der Waals surface area (Å²) in [6.45, 7) is 6.85. The van der Waals surface area contributed by atoms with Crippen LogP contribution in [0, 0.1) is 0 Å². The maximum atomic E-state index is 11.5. The molecule has 1 aromatic carbocycles. The Morgan fingerprint density at radius 2 is 1.75 bits per heavy atom. The molecule has 0 aliphatic heterocycles. The van der Waals surface area contributed by atoms with E-state index in [-0.39, 0.29) is 5.91 Å². The molecule has 1 aromatic rings. The topological polar surface area (TPSA) is 50.8 Å². The van der Waals surface area contributed by atoms with Gasteiger partial charge in [0.25, 0.3) is 0 Å². The molecule has 1 amide bonds. The van der Waals surface area contributed by atoms with E-state index in [1.165, 1.54) is 0 Å². The number of carbonyl (C=O) groups excluding carboxylic acids is 1. The van der Waals surface area contributed by atoms with Crippen molar-refractivity contribution >= 4 is 5.91 Å². The van der Waals surface area contributed by atoms with Crippen LogP contribution in [0.25, 0.3) is 0 Å². The van der Waals surface area contributed by atoms with Crippen LogP contribution in [0.1, 0.15) is 13.8 Å². The predicted octanol–water partition coefficient (Wildman–Crippen LogP) is 1.53. The zero-order valence-corrected chi connectivity index (χ0v) is 12.5. The summed E-state index contributed by atoms with van der Waals surface area (Å²) in [4.78, 5) is 13.5. The lowest BCUT2D eigenvalue weighted by Gasteiger charge is -2.13. The van der Waals surface area contributed by atoms with E-state index in [9.17, 15) is 4.79 Å². The number of rotatable bonds is 9. The Morgan fingerprint density at radius 3 is 2.30 bits per heavy atom. The van der Waals surface area contributed by atoms with Gasteiger partial charge in [0.05, 0.1) is 19.7 Å². The van der Waals surface area contributed by atoms with Gasteiger partial charge in [0.1, 0.15) is 18.1 Å². The molecule has 1 rings (SSSR count). The third-order valence-electron chi connectivity index (χ3n) is 2.78. The van der Waals surface area contributed by atoms with Crippen molar-refractivity contribution < 1.29 is 14.3 Å². The lowest BCUT2D eigenvalue weighted by atomic mass is 10.3. The molecule has 0 spiro atoms. The van der Waals surface area contributed by atoms with Gasteiger partial charge >= 0.3 is 0 Å². The van der Waals surface area contributed by atoms with Crippen molar-refractivity contribution in [3.8, 4) is 11.5 Å². The summed E-state index contributed by atoms with van der Waals surface area (Å²) < 4.78 is 10.9. The first kappa shape index (κ1) is 16.3. The van der Waals surface area contributed by atoms with Crippen molar-refractivity contribution in [2.24, 2.45) is 0 Å². The number of amides is 1. The van der Waals surface area contributed by atoms with E-state index in [0.717, 1.165) is 18.0 Å². The average molecular weight is 280 g/mol. The van der Waals surface area contributed by atoms with Crippen molar-refractivity contribution in [3.05, 3.63) is 24.3 Å². The molecular weight excluding hydrogens is 256 g/mol. The van der Waals surface area contributed by atoms with E-state index >= 15 is 0 Å². The fourth-order valence-electron chi connectivity index (χ4n) is 1.57. The van der Waals surface area contributed by atoms with Gasteiger partial charge in [0, 0.05) is 0 Å². The van der Waals surface area contributed by atoms with E-state index in [1.54, 1.807) is 0 Å². The van der Waals surface area contributed by atoms with Crippen molar-refractivity contribution in [1.29, 1.82) is 0 Å². The molecule has 0 aromatic heterocycles. The zero-order chi connectivity index (χ0) is 14.8. The number of nitrogens with zero attached hydrogens (tertiary/aromatic N) is 1. The first-order chi connectivity index (χ1) is 9.65. The minimum absolute atomic E-state index is 0.0182. The maximum Gasteiger partial charge on any atom is 0.234 e. The minimum Gasteiger partial charge on any atom is -0.494 e. The molecule has 5 nitrogen and oxygen atoms in total. The highest BCUT2D eigenvalue weighted by Crippen LogP contribution is 2.17. The van der Waals surface area contributed by atoms with Crippen molar-refractivity contribution in [3.63, 3.8) is 0 Å². The fourth-order valence-corrected chi connectivity index (χ4v) is 1.57. The maximum absolute atomic E-state index is 11.5. The second kappa shape index (κ2) is 9.20. The number of benzene rings is 1. The monoisotopic (exact) mass is 280 g/mol. The molecule has 0 unspecified atom stereocenters. The van der Waals surface area contributed by atoms with Crippen LogP contribution < -0.4 is 14.8 Å². The van der Waals surface area contributed by atoms with E-state index in [0.29, 0.717) is 26.3 Å². The fraction of sp³-hybridized carbons (Fsp3) is 0.533. The second-order valence-electron chi connectivity index (χ2n) is 4.43. The molecule has 0 bridgehead atoms. The molecule has 0 fully saturated rings. The average Bonchev–Trinajstić information content (AvgIpc) is 2.45. The molecule has 0 aliphatic carbocycles. The summed E-state index contributed by atoms with van der Waals surface area (Å²) in [5.41, 5.74) is 0. The highest BCUT2D eigenvalue weighted by molar-refractivity contribution is 5.77. The van der Waals surface area contributed by atoms with Gasteiger partial charge in [-0.3, -0.25) is 9.69 Å². The summed E-state index contributed by atoms with van der Waals surface area (Å²) in [5.74, 6) is 1.62. The molecular formula is C15H24N2O3. The van der Waals surface area contributed by atoms with Crippen LogP contribution >= 0.6 is 0 Å². The molecule has 20 heavy (non-hydrogen) atoms. The van der Waals surface area contributed by atoms with E-state index in [2.05, 4.69) is 5.32 Å². The van der Waals surface area contributed by atoms with Gasteiger partial charge in [-0.05, 0) is 44.8 Å². The summed E-state index contributed by atoms with van der Waals surface area (Å²) in [5, 5.41) is 2.82. The molecule has 0 saturated heterocycles. The molecule has 112 valence electrons. The Hall–Kier alpha value is -1.75. The standard InChI is InChI=1S/C15H24N2O3/c1-4-17(3)12-15(18)16-10-11-20-14-8-6-13(7-9-14)19-5-2/h6-9H,4-5,10-12H2,1-3H3,(H,16,18). The SMILES string of the molecule is CCOc1ccc(OCCNC(=O)CN(C)CC)cc1. The van der Waals surface area contributed by atoms with Crippen molar-refractivity contribution in [1.82, 2.24) is 10.2 Å². The predicted molar refractivity (Wildman–Crippen MR) is 79.3 cm³/mol. The Labute approximate surface area is 120 Å². The lowest BCUT2D eigenvalue weighted by molar-refractivity contribution is -0.122. The third-order valence-corrected chi connectivity index (χ3v) is 2.78. The van der Waals surface area contributed by atoms with Gasteiger partial charge < -0.3 is 14.8 Å². The molecule has 0 aliphatic rings. The quantitative estimate of drug-likeness (QED) is 0.697. The highest BCUT2D eigenvalue weighted by Gasteiger charge is 2.03. The number of nitrogens with one attached hydrogen (secondary N) is 1. The lowest BCUT2D eigenvalue weighted by Crippen LogP contribution is -2.36. The molecule has 0 saturated carbocycles. The summed E-state index contributed by atoms with van der Waals surface area (Å²) in [6.07, 6.45) is 0.